The lowest BCUT2D eigenvalue weighted by molar-refractivity contribution is -0.550. The summed E-state index contributed by atoms with van der Waals surface area (Å²) in [6, 6.07) is -0.00468. The van der Waals surface area contributed by atoms with E-state index in [1.165, 1.54) is 0 Å². The van der Waals surface area contributed by atoms with Crippen molar-refractivity contribution < 1.29 is 5.03 Å². The molecule has 0 aliphatic carbocycles. The van der Waals surface area contributed by atoms with E-state index in [1.54, 1.807) is 0 Å². The summed E-state index contributed by atoms with van der Waals surface area (Å²) in [4.78, 5) is 9.87. The highest BCUT2D eigenvalue weighted by atomic mass is 16.7. The maximum Gasteiger partial charge on any atom is 0.157 e. The van der Waals surface area contributed by atoms with E-state index in [1.807, 2.05) is 6.92 Å². The number of hydrogen-bond donors (Lipinski definition) is 1. The number of rotatable bonds is 5. The summed E-state index contributed by atoms with van der Waals surface area (Å²) in [7, 11) is 0. The van der Waals surface area contributed by atoms with Crippen LogP contribution in [0.25, 0.3) is 0 Å². The van der Waals surface area contributed by atoms with Crippen molar-refractivity contribution in [3.8, 4) is 0 Å². The highest BCUT2D eigenvalue weighted by Crippen LogP contribution is 1.98. The first-order valence-corrected chi connectivity index (χ1v) is 3.57. The smallest absolute Gasteiger partial charge is 0.157 e. The van der Waals surface area contributed by atoms with Gasteiger partial charge in [0.25, 0.3) is 0 Å². The number of unbranched alkanes of at least 4 members (excludes halogenated alkanes) is 1. The molecule has 4 heteroatoms. The Labute approximate surface area is 60.7 Å². The fourth-order valence-corrected chi connectivity index (χ4v) is 0.755. The minimum atomic E-state index is -0.486. The van der Waals surface area contributed by atoms with E-state index >= 15 is 0 Å². The molecule has 0 heterocycles. The number of nitrogens with one attached hydrogen (secondary N) is 1. The molecule has 1 unspecified atom stereocenters. The molecule has 0 saturated carbocycles. The molecular formula is C6H14N2O2. The number of hydrogen-bond acceptors (Lipinski definition) is 2. The van der Waals surface area contributed by atoms with Crippen LogP contribution in [0, 0.1) is 10.1 Å². The predicted octanol–water partition coefficient (Wildman–Crippen LogP) is 1.35. The molecule has 0 radical (unpaired) electrons. The monoisotopic (exact) mass is 146 g/mol. The Morgan fingerprint density at radius 1 is 1.70 bits per heavy atom. The zero-order valence-corrected chi connectivity index (χ0v) is 6.46. The van der Waals surface area contributed by atoms with Crippen molar-refractivity contribution in [2.45, 2.75) is 39.2 Å². The van der Waals surface area contributed by atoms with Gasteiger partial charge >= 0.3 is 0 Å². The van der Waals surface area contributed by atoms with Crippen LogP contribution in [-0.2, 0) is 0 Å². The van der Waals surface area contributed by atoms with E-state index in [9.17, 15) is 10.1 Å². The summed E-state index contributed by atoms with van der Waals surface area (Å²) in [6.07, 6.45) is 3.00. The highest BCUT2D eigenvalue weighted by Gasteiger charge is 2.04. The van der Waals surface area contributed by atoms with Crippen LogP contribution in [-0.4, -0.2) is 11.1 Å². The molecule has 0 aromatic heterocycles. The van der Waals surface area contributed by atoms with Crippen LogP contribution in [0.5, 0.6) is 0 Å². The Kier molecular flexibility index (Phi) is 4.62. The van der Waals surface area contributed by atoms with Gasteiger partial charge in [-0.1, -0.05) is 19.8 Å². The van der Waals surface area contributed by atoms with Gasteiger partial charge in [0.05, 0.1) is 6.04 Å². The summed E-state index contributed by atoms with van der Waals surface area (Å²) in [6.45, 7) is 3.89. The number of nitro groups is 1. The Balaban J connectivity index is 3.25. The minimum absolute atomic E-state index is 0.00468. The molecule has 0 aliphatic rings. The Hall–Kier alpha value is -0.800. The lowest BCUT2D eigenvalue weighted by atomic mass is 10.2. The summed E-state index contributed by atoms with van der Waals surface area (Å²) in [5.41, 5.74) is 2.20. The fraction of sp³-hybridized carbons (Fsp3) is 1.00. The molecule has 4 nitrogen and oxygen atoms in total. The molecule has 0 rings (SSSR count). The van der Waals surface area contributed by atoms with Gasteiger partial charge in [0.2, 0.25) is 0 Å². The zero-order chi connectivity index (χ0) is 7.98. The molecule has 0 saturated heterocycles. The maximum atomic E-state index is 9.87. The fourth-order valence-electron chi connectivity index (χ4n) is 0.755. The summed E-state index contributed by atoms with van der Waals surface area (Å²) in [5.74, 6) is 0. The highest BCUT2D eigenvalue weighted by molar-refractivity contribution is 4.52. The van der Waals surface area contributed by atoms with Crippen molar-refractivity contribution in [3.63, 3.8) is 0 Å². The minimum Gasteiger partial charge on any atom is -0.235 e. The van der Waals surface area contributed by atoms with E-state index in [2.05, 4.69) is 12.3 Å². The molecule has 0 aromatic rings. The van der Waals surface area contributed by atoms with Gasteiger partial charge in [-0.15, -0.1) is 5.43 Å². The van der Waals surface area contributed by atoms with Gasteiger partial charge in [0.15, 0.2) is 5.03 Å². The topological polar surface area (TPSA) is 55.2 Å². The number of nitrogens with zero attached hydrogens (tertiary/aromatic N) is 1. The first-order chi connectivity index (χ1) is 4.66. The summed E-state index contributed by atoms with van der Waals surface area (Å²) in [5, 5.41) is 9.38. The molecule has 0 fully saturated rings. The molecule has 0 aromatic carbocycles. The third-order valence-corrected chi connectivity index (χ3v) is 1.32. The van der Waals surface area contributed by atoms with Crippen LogP contribution in [0.3, 0.4) is 0 Å². The van der Waals surface area contributed by atoms with Crippen molar-refractivity contribution in [3.05, 3.63) is 10.1 Å². The maximum absolute atomic E-state index is 9.87. The van der Waals surface area contributed by atoms with E-state index in [0.29, 0.717) is 0 Å². The second kappa shape index (κ2) is 5.02. The molecule has 1 atom stereocenters. The second-order valence-corrected chi connectivity index (χ2v) is 2.43. The first kappa shape index (κ1) is 9.20. The summed E-state index contributed by atoms with van der Waals surface area (Å²) < 4.78 is 0. The van der Waals surface area contributed by atoms with Crippen molar-refractivity contribution in [1.29, 1.82) is 0 Å². The molecule has 0 spiro atoms. The normalized spacial score (nSPS) is 12.6. The summed E-state index contributed by atoms with van der Waals surface area (Å²) >= 11 is 0. The Bertz CT molecular complexity index is 106. The Morgan fingerprint density at radius 2 is 2.30 bits per heavy atom. The lowest BCUT2D eigenvalue weighted by Crippen LogP contribution is -2.31. The average Bonchev–Trinajstić information content (AvgIpc) is 1.82. The SMILES string of the molecule is CCCCC(C)N[N+](=O)[O-]. The van der Waals surface area contributed by atoms with Crippen molar-refractivity contribution in [1.82, 2.24) is 5.43 Å². The van der Waals surface area contributed by atoms with Gasteiger partial charge in [-0.3, -0.25) is 0 Å². The van der Waals surface area contributed by atoms with Gasteiger partial charge in [0.1, 0.15) is 0 Å². The van der Waals surface area contributed by atoms with Crippen LogP contribution < -0.4 is 5.43 Å². The van der Waals surface area contributed by atoms with Crippen LogP contribution in [0.2, 0.25) is 0 Å². The molecule has 60 valence electrons. The standard InChI is InChI=1S/C6H14N2O2/c1-3-4-5-6(2)7-8(9)10/h6-7H,3-5H2,1-2H3. The van der Waals surface area contributed by atoms with Gasteiger partial charge in [-0.2, -0.15) is 0 Å². The molecule has 0 aliphatic heterocycles. The lowest BCUT2D eigenvalue weighted by Gasteiger charge is -2.05. The molecule has 0 amide bonds. The largest absolute Gasteiger partial charge is 0.235 e. The molecule has 1 N–H and O–H groups in total. The predicted molar refractivity (Wildman–Crippen MR) is 39.1 cm³/mol. The van der Waals surface area contributed by atoms with E-state index < -0.39 is 5.03 Å². The third-order valence-electron chi connectivity index (χ3n) is 1.32. The van der Waals surface area contributed by atoms with Gasteiger partial charge in [-0.05, 0) is 13.3 Å². The van der Waals surface area contributed by atoms with Crippen molar-refractivity contribution in [2.24, 2.45) is 0 Å². The Morgan fingerprint density at radius 3 is 2.70 bits per heavy atom. The molecule has 0 bridgehead atoms. The van der Waals surface area contributed by atoms with E-state index in [0.717, 1.165) is 19.3 Å². The van der Waals surface area contributed by atoms with Crippen LogP contribution in [0.4, 0.5) is 0 Å². The van der Waals surface area contributed by atoms with Crippen LogP contribution >= 0.6 is 0 Å². The average molecular weight is 146 g/mol. The van der Waals surface area contributed by atoms with Crippen molar-refractivity contribution in [2.75, 3.05) is 0 Å². The van der Waals surface area contributed by atoms with Crippen LogP contribution in [0.1, 0.15) is 33.1 Å². The van der Waals surface area contributed by atoms with Gasteiger partial charge in [-0.25, -0.2) is 10.1 Å². The molecule has 10 heavy (non-hydrogen) atoms. The molecular weight excluding hydrogens is 132 g/mol. The van der Waals surface area contributed by atoms with E-state index in [-0.39, 0.29) is 6.04 Å². The van der Waals surface area contributed by atoms with Gasteiger partial charge < -0.3 is 0 Å². The first-order valence-electron chi connectivity index (χ1n) is 3.57. The van der Waals surface area contributed by atoms with Crippen molar-refractivity contribution >= 4 is 0 Å². The van der Waals surface area contributed by atoms with Gasteiger partial charge in [0, 0.05) is 0 Å². The third kappa shape index (κ3) is 5.34. The van der Waals surface area contributed by atoms with Crippen LogP contribution in [0.15, 0.2) is 0 Å². The zero-order valence-electron chi connectivity index (χ0n) is 6.46. The number of hydrazine groups is 1. The van der Waals surface area contributed by atoms with E-state index in [4.69, 9.17) is 0 Å². The second-order valence-electron chi connectivity index (χ2n) is 2.43. The quantitative estimate of drug-likeness (QED) is 0.470.